The highest BCUT2D eigenvalue weighted by Gasteiger charge is 2.17. The van der Waals surface area contributed by atoms with Gasteiger partial charge in [0, 0.05) is 37.2 Å². The summed E-state index contributed by atoms with van der Waals surface area (Å²) in [5.74, 6) is -0.628. The molecule has 25 heavy (non-hydrogen) atoms. The second kappa shape index (κ2) is 6.76. The number of rotatable bonds is 4. The normalized spacial score (nSPS) is 10.8. The van der Waals surface area contributed by atoms with Gasteiger partial charge in [0.2, 0.25) is 5.91 Å². The predicted octanol–water partition coefficient (Wildman–Crippen LogP) is 3.33. The quantitative estimate of drug-likeness (QED) is 0.715. The Morgan fingerprint density at radius 1 is 1.16 bits per heavy atom. The number of aromatic hydroxyl groups is 2. The standard InChI is InChI=1S/C19H17FN2O3/c1-12(23)22(10-13-4-6-15(20)7-5-13)11-14-9-17(24)18-16(19(14)25)3-2-8-21-18/h2-9,24-25H,10-11H2,1H3. The second-order valence-corrected chi connectivity index (χ2v) is 5.80. The van der Waals surface area contributed by atoms with Crippen LogP contribution < -0.4 is 0 Å². The van der Waals surface area contributed by atoms with Gasteiger partial charge in [0.25, 0.3) is 0 Å². The molecule has 0 bridgehead atoms. The minimum absolute atomic E-state index is 0.0220. The minimum Gasteiger partial charge on any atom is -0.507 e. The molecule has 0 saturated carbocycles. The number of hydrogen-bond donors (Lipinski definition) is 2. The van der Waals surface area contributed by atoms with E-state index in [1.165, 1.54) is 36.2 Å². The number of halogens is 1. The summed E-state index contributed by atoms with van der Waals surface area (Å²) in [6.07, 6.45) is 1.53. The molecule has 0 atom stereocenters. The molecule has 1 amide bonds. The Bertz CT molecular complexity index is 926. The molecule has 1 heterocycles. The molecular weight excluding hydrogens is 323 g/mol. The Kier molecular flexibility index (Phi) is 4.52. The molecule has 1 aromatic heterocycles. The van der Waals surface area contributed by atoms with Gasteiger partial charge in [-0.05, 0) is 35.9 Å². The number of carbonyl (C=O) groups is 1. The summed E-state index contributed by atoms with van der Waals surface area (Å²) >= 11 is 0. The molecule has 3 rings (SSSR count). The molecule has 0 aliphatic carbocycles. The van der Waals surface area contributed by atoms with Crippen molar-refractivity contribution in [1.29, 1.82) is 0 Å². The van der Waals surface area contributed by atoms with Gasteiger partial charge in [-0.25, -0.2) is 4.39 Å². The molecule has 2 aromatic carbocycles. The Labute approximate surface area is 144 Å². The third-order valence-corrected chi connectivity index (χ3v) is 4.01. The van der Waals surface area contributed by atoms with E-state index in [2.05, 4.69) is 4.98 Å². The fourth-order valence-electron chi connectivity index (χ4n) is 2.69. The monoisotopic (exact) mass is 340 g/mol. The fourth-order valence-corrected chi connectivity index (χ4v) is 2.69. The number of aromatic nitrogens is 1. The number of nitrogens with zero attached hydrogens (tertiary/aromatic N) is 2. The molecule has 128 valence electrons. The molecular formula is C19H17FN2O3. The lowest BCUT2D eigenvalue weighted by atomic mass is 10.1. The summed E-state index contributed by atoms with van der Waals surface area (Å²) in [6.45, 7) is 1.79. The third-order valence-electron chi connectivity index (χ3n) is 4.01. The topological polar surface area (TPSA) is 73.7 Å². The van der Waals surface area contributed by atoms with E-state index >= 15 is 0 Å². The van der Waals surface area contributed by atoms with Crippen molar-refractivity contribution >= 4 is 16.8 Å². The summed E-state index contributed by atoms with van der Waals surface area (Å²) in [6, 6.07) is 10.6. The molecule has 0 saturated heterocycles. The SMILES string of the molecule is CC(=O)N(Cc1ccc(F)cc1)Cc1cc(O)c2ncccc2c1O. The molecule has 0 aliphatic rings. The van der Waals surface area contributed by atoms with E-state index in [1.807, 2.05) is 0 Å². The molecule has 0 spiro atoms. The van der Waals surface area contributed by atoms with Crippen molar-refractivity contribution in [3.8, 4) is 11.5 Å². The van der Waals surface area contributed by atoms with Crippen LogP contribution >= 0.6 is 0 Å². The lowest BCUT2D eigenvalue weighted by molar-refractivity contribution is -0.130. The van der Waals surface area contributed by atoms with Crippen LogP contribution in [0.15, 0.2) is 48.7 Å². The zero-order chi connectivity index (χ0) is 18.0. The predicted molar refractivity (Wildman–Crippen MR) is 91.4 cm³/mol. The van der Waals surface area contributed by atoms with E-state index < -0.39 is 0 Å². The highest BCUT2D eigenvalue weighted by molar-refractivity contribution is 5.90. The van der Waals surface area contributed by atoms with Gasteiger partial charge < -0.3 is 15.1 Å². The molecule has 6 heteroatoms. The summed E-state index contributed by atoms with van der Waals surface area (Å²) < 4.78 is 13.0. The minimum atomic E-state index is -0.345. The van der Waals surface area contributed by atoms with E-state index in [1.54, 1.807) is 24.3 Å². The molecule has 5 nitrogen and oxygen atoms in total. The molecule has 0 unspecified atom stereocenters. The van der Waals surface area contributed by atoms with Crippen LogP contribution in [0.5, 0.6) is 11.5 Å². The van der Waals surface area contributed by atoms with Gasteiger partial charge in [-0.1, -0.05) is 12.1 Å². The van der Waals surface area contributed by atoms with Gasteiger partial charge in [-0.15, -0.1) is 0 Å². The molecule has 0 aliphatic heterocycles. The van der Waals surface area contributed by atoms with Crippen LogP contribution in [0.3, 0.4) is 0 Å². The van der Waals surface area contributed by atoms with Gasteiger partial charge in [0.05, 0.1) is 0 Å². The summed E-state index contributed by atoms with van der Waals surface area (Å²) in [5.41, 5.74) is 1.48. The van der Waals surface area contributed by atoms with Gasteiger partial charge in [-0.2, -0.15) is 0 Å². The number of phenolic OH excluding ortho intramolecular Hbond substituents is 2. The number of amides is 1. The van der Waals surface area contributed by atoms with Gasteiger partial charge in [-0.3, -0.25) is 9.78 Å². The van der Waals surface area contributed by atoms with Crippen LogP contribution in [-0.2, 0) is 17.9 Å². The lowest BCUT2D eigenvalue weighted by Gasteiger charge is -2.22. The number of hydrogen-bond acceptors (Lipinski definition) is 4. The van der Waals surface area contributed by atoms with Crippen molar-refractivity contribution in [3.63, 3.8) is 0 Å². The first-order valence-corrected chi connectivity index (χ1v) is 7.74. The van der Waals surface area contributed by atoms with E-state index in [-0.39, 0.29) is 36.3 Å². The maximum atomic E-state index is 13.0. The molecule has 2 N–H and O–H groups in total. The molecule has 0 radical (unpaired) electrons. The van der Waals surface area contributed by atoms with E-state index in [9.17, 15) is 19.4 Å². The van der Waals surface area contributed by atoms with Crippen molar-refractivity contribution < 1.29 is 19.4 Å². The van der Waals surface area contributed by atoms with Crippen molar-refractivity contribution in [1.82, 2.24) is 9.88 Å². The van der Waals surface area contributed by atoms with Gasteiger partial charge in [0.15, 0.2) is 0 Å². The average Bonchev–Trinajstić information content (AvgIpc) is 2.60. The maximum absolute atomic E-state index is 13.0. The molecule has 3 aromatic rings. The third kappa shape index (κ3) is 3.52. The van der Waals surface area contributed by atoms with Crippen molar-refractivity contribution in [3.05, 3.63) is 65.6 Å². The van der Waals surface area contributed by atoms with E-state index in [4.69, 9.17) is 0 Å². The summed E-state index contributed by atoms with van der Waals surface area (Å²) in [7, 11) is 0. The first kappa shape index (κ1) is 16.7. The van der Waals surface area contributed by atoms with Crippen molar-refractivity contribution in [2.24, 2.45) is 0 Å². The average molecular weight is 340 g/mol. The maximum Gasteiger partial charge on any atom is 0.220 e. The number of benzene rings is 2. The smallest absolute Gasteiger partial charge is 0.220 e. The highest BCUT2D eigenvalue weighted by atomic mass is 19.1. The van der Waals surface area contributed by atoms with E-state index in [0.717, 1.165) is 5.56 Å². The Morgan fingerprint density at radius 3 is 2.56 bits per heavy atom. The first-order chi connectivity index (χ1) is 12.0. The first-order valence-electron chi connectivity index (χ1n) is 7.74. The number of phenols is 2. The fraction of sp³-hybridized carbons (Fsp3) is 0.158. The second-order valence-electron chi connectivity index (χ2n) is 5.80. The van der Waals surface area contributed by atoms with Crippen molar-refractivity contribution in [2.75, 3.05) is 0 Å². The van der Waals surface area contributed by atoms with Crippen LogP contribution in [0.4, 0.5) is 4.39 Å². The van der Waals surface area contributed by atoms with Crippen LogP contribution in [-0.4, -0.2) is 26.0 Å². The molecule has 0 fully saturated rings. The number of fused-ring (bicyclic) bond motifs is 1. The van der Waals surface area contributed by atoms with Crippen LogP contribution in [0.25, 0.3) is 10.9 Å². The van der Waals surface area contributed by atoms with Crippen LogP contribution in [0.2, 0.25) is 0 Å². The van der Waals surface area contributed by atoms with Gasteiger partial charge >= 0.3 is 0 Å². The van der Waals surface area contributed by atoms with Crippen LogP contribution in [0.1, 0.15) is 18.1 Å². The zero-order valence-corrected chi connectivity index (χ0v) is 13.6. The largest absolute Gasteiger partial charge is 0.507 e. The lowest BCUT2D eigenvalue weighted by Crippen LogP contribution is -2.27. The summed E-state index contributed by atoms with van der Waals surface area (Å²) in [5, 5.41) is 21.0. The van der Waals surface area contributed by atoms with Gasteiger partial charge in [0.1, 0.15) is 22.8 Å². The summed E-state index contributed by atoms with van der Waals surface area (Å²) in [4.78, 5) is 17.5. The Morgan fingerprint density at radius 2 is 1.88 bits per heavy atom. The highest BCUT2D eigenvalue weighted by Crippen LogP contribution is 2.34. The van der Waals surface area contributed by atoms with E-state index in [0.29, 0.717) is 16.5 Å². The van der Waals surface area contributed by atoms with Crippen LogP contribution in [0, 0.1) is 5.82 Å². The zero-order valence-electron chi connectivity index (χ0n) is 13.6. The Balaban J connectivity index is 1.92. The Hall–Kier alpha value is -3.15. The van der Waals surface area contributed by atoms with Crippen molar-refractivity contribution in [2.45, 2.75) is 20.0 Å². The number of pyridine rings is 1. The number of carbonyl (C=O) groups excluding carboxylic acids is 1.